The molecule has 7 heteroatoms. The molecule has 4 heterocycles. The molecule has 0 unspecified atom stereocenters. The van der Waals surface area contributed by atoms with Gasteiger partial charge in [0.1, 0.15) is 5.60 Å². The van der Waals surface area contributed by atoms with E-state index in [1.54, 1.807) is 23.3 Å². The summed E-state index contributed by atoms with van der Waals surface area (Å²) >= 11 is 1.64. The summed E-state index contributed by atoms with van der Waals surface area (Å²) in [5.41, 5.74) is 0.743. The third kappa shape index (κ3) is 3.01. The van der Waals surface area contributed by atoms with Crippen molar-refractivity contribution >= 4 is 17.4 Å². The number of carbonyl (C=O) groups is 1. The topological polar surface area (TPSA) is 58.6 Å². The molecule has 0 aromatic carbocycles. The first kappa shape index (κ1) is 15.5. The summed E-state index contributed by atoms with van der Waals surface area (Å²) in [4.78, 5) is 25.8. The number of carbonyl (C=O) groups excluding carboxylic acids is 1. The molecule has 2 fully saturated rings. The molecule has 1 atom stereocenters. The van der Waals surface area contributed by atoms with Crippen LogP contribution in [0.5, 0.6) is 0 Å². The fourth-order valence-corrected chi connectivity index (χ4v) is 4.23. The van der Waals surface area contributed by atoms with Gasteiger partial charge in [0.05, 0.1) is 11.4 Å². The summed E-state index contributed by atoms with van der Waals surface area (Å²) in [6.45, 7) is 3.25. The standard InChI is InChI=1S/C17H20N4O2S/c1-20-11-17(23-16(20)22)5-3-6-21(12-17)10-13-8-18-15(19-9-13)14-4-2-7-24-14/h2,4,7-9H,3,5-6,10-12H2,1H3/t17-/m0/s1. The molecule has 2 aromatic rings. The largest absolute Gasteiger partial charge is 0.440 e. The summed E-state index contributed by atoms with van der Waals surface area (Å²) in [6, 6.07) is 4.03. The Morgan fingerprint density at radius 1 is 1.33 bits per heavy atom. The quantitative estimate of drug-likeness (QED) is 0.857. The molecule has 2 aromatic heterocycles. The number of aromatic nitrogens is 2. The molecule has 1 amide bonds. The summed E-state index contributed by atoms with van der Waals surface area (Å²) in [5, 5.41) is 2.03. The molecular weight excluding hydrogens is 324 g/mol. The van der Waals surface area contributed by atoms with Crippen LogP contribution in [0.15, 0.2) is 29.9 Å². The van der Waals surface area contributed by atoms with E-state index in [1.807, 2.05) is 29.9 Å². The summed E-state index contributed by atoms with van der Waals surface area (Å²) in [5.74, 6) is 0.773. The first-order valence-corrected chi connectivity index (χ1v) is 9.03. The Morgan fingerprint density at radius 3 is 2.83 bits per heavy atom. The van der Waals surface area contributed by atoms with Gasteiger partial charge in [-0.3, -0.25) is 4.90 Å². The SMILES string of the molecule is CN1C[C@]2(CCCN(Cc3cnc(-c4cccs4)nc3)C2)OC1=O. The zero-order valence-electron chi connectivity index (χ0n) is 13.6. The Hall–Kier alpha value is -1.99. The fraction of sp³-hybridized carbons (Fsp3) is 0.471. The van der Waals surface area contributed by atoms with E-state index in [0.29, 0.717) is 6.54 Å². The molecule has 0 aliphatic carbocycles. The summed E-state index contributed by atoms with van der Waals surface area (Å²) < 4.78 is 5.65. The zero-order chi connectivity index (χ0) is 16.6. The van der Waals surface area contributed by atoms with Crippen LogP contribution in [0.2, 0.25) is 0 Å². The zero-order valence-corrected chi connectivity index (χ0v) is 14.5. The molecular formula is C17H20N4O2S. The van der Waals surface area contributed by atoms with Gasteiger partial charge in [-0.05, 0) is 30.8 Å². The van der Waals surface area contributed by atoms with Crippen molar-refractivity contribution < 1.29 is 9.53 Å². The van der Waals surface area contributed by atoms with Gasteiger partial charge in [0.2, 0.25) is 0 Å². The van der Waals surface area contributed by atoms with Crippen molar-refractivity contribution in [1.82, 2.24) is 19.8 Å². The van der Waals surface area contributed by atoms with Gasteiger partial charge >= 0.3 is 6.09 Å². The summed E-state index contributed by atoms with van der Waals surface area (Å²) in [6.07, 6.45) is 5.56. The van der Waals surface area contributed by atoms with Gasteiger partial charge in [0, 0.05) is 38.1 Å². The highest BCUT2D eigenvalue weighted by molar-refractivity contribution is 7.13. The molecule has 0 N–H and O–H groups in total. The molecule has 2 saturated heterocycles. The van der Waals surface area contributed by atoms with Crippen molar-refractivity contribution in [2.45, 2.75) is 25.0 Å². The highest BCUT2D eigenvalue weighted by Crippen LogP contribution is 2.32. The van der Waals surface area contributed by atoms with Crippen LogP contribution >= 0.6 is 11.3 Å². The van der Waals surface area contributed by atoms with Crippen LogP contribution in [-0.2, 0) is 11.3 Å². The van der Waals surface area contributed by atoms with E-state index in [0.717, 1.165) is 48.7 Å². The predicted molar refractivity (Wildman–Crippen MR) is 91.7 cm³/mol. The second-order valence-corrected chi connectivity index (χ2v) is 7.56. The second kappa shape index (κ2) is 6.14. The van der Waals surface area contributed by atoms with E-state index >= 15 is 0 Å². The van der Waals surface area contributed by atoms with E-state index in [1.165, 1.54) is 0 Å². The lowest BCUT2D eigenvalue weighted by molar-refractivity contribution is -0.0114. The minimum absolute atomic E-state index is 0.208. The number of nitrogens with zero attached hydrogens (tertiary/aromatic N) is 4. The van der Waals surface area contributed by atoms with Crippen LogP contribution in [0.4, 0.5) is 4.79 Å². The predicted octanol–water partition coefficient (Wildman–Crippen LogP) is 2.62. The Morgan fingerprint density at radius 2 is 2.17 bits per heavy atom. The Bertz CT molecular complexity index is 719. The van der Waals surface area contributed by atoms with Gasteiger partial charge in [-0.2, -0.15) is 0 Å². The lowest BCUT2D eigenvalue weighted by Crippen LogP contribution is -2.50. The molecule has 0 radical (unpaired) electrons. The van der Waals surface area contributed by atoms with Crippen molar-refractivity contribution in [3.63, 3.8) is 0 Å². The number of likely N-dealkylation sites (tertiary alicyclic amines) is 1. The highest BCUT2D eigenvalue weighted by Gasteiger charge is 2.46. The van der Waals surface area contributed by atoms with Crippen molar-refractivity contribution in [3.05, 3.63) is 35.5 Å². The Balaban J connectivity index is 1.43. The summed E-state index contributed by atoms with van der Waals surface area (Å²) in [7, 11) is 1.80. The van der Waals surface area contributed by atoms with E-state index in [9.17, 15) is 4.79 Å². The lowest BCUT2D eigenvalue weighted by Gasteiger charge is -2.38. The Labute approximate surface area is 145 Å². The van der Waals surface area contributed by atoms with Crippen molar-refractivity contribution in [2.75, 3.05) is 26.7 Å². The number of amides is 1. The van der Waals surface area contributed by atoms with Gasteiger partial charge < -0.3 is 9.64 Å². The number of thiophene rings is 1. The average Bonchev–Trinajstić information content (AvgIpc) is 3.18. The van der Waals surface area contributed by atoms with Gasteiger partial charge in [-0.15, -0.1) is 11.3 Å². The van der Waals surface area contributed by atoms with Crippen molar-refractivity contribution in [2.24, 2.45) is 0 Å². The monoisotopic (exact) mass is 344 g/mol. The van der Waals surface area contributed by atoms with E-state index in [4.69, 9.17) is 4.74 Å². The molecule has 0 bridgehead atoms. The van der Waals surface area contributed by atoms with E-state index < -0.39 is 0 Å². The van der Waals surface area contributed by atoms with Crippen LogP contribution in [0.1, 0.15) is 18.4 Å². The lowest BCUT2D eigenvalue weighted by atomic mass is 9.92. The molecule has 2 aliphatic heterocycles. The van der Waals surface area contributed by atoms with Crippen LogP contribution in [0, 0.1) is 0 Å². The first-order chi connectivity index (χ1) is 11.6. The smallest absolute Gasteiger partial charge is 0.410 e. The third-order valence-electron chi connectivity index (χ3n) is 4.61. The molecule has 4 rings (SSSR count). The number of rotatable bonds is 3. The number of ether oxygens (including phenoxy) is 1. The van der Waals surface area contributed by atoms with E-state index in [2.05, 4.69) is 14.9 Å². The number of likely N-dealkylation sites (N-methyl/N-ethyl adjacent to an activating group) is 1. The van der Waals surface area contributed by atoms with Gasteiger partial charge in [0.25, 0.3) is 0 Å². The highest BCUT2D eigenvalue weighted by atomic mass is 32.1. The van der Waals surface area contributed by atoms with Crippen LogP contribution in [0.25, 0.3) is 10.7 Å². The van der Waals surface area contributed by atoms with Crippen molar-refractivity contribution in [3.8, 4) is 10.7 Å². The average molecular weight is 344 g/mol. The van der Waals surface area contributed by atoms with Crippen LogP contribution < -0.4 is 0 Å². The number of piperidine rings is 1. The van der Waals surface area contributed by atoms with Gasteiger partial charge in [-0.1, -0.05) is 6.07 Å². The number of hydrogen-bond donors (Lipinski definition) is 0. The first-order valence-electron chi connectivity index (χ1n) is 8.15. The normalized spacial score (nSPS) is 24.5. The molecule has 1 spiro atoms. The minimum Gasteiger partial charge on any atom is -0.440 e. The molecule has 0 saturated carbocycles. The van der Waals surface area contributed by atoms with E-state index in [-0.39, 0.29) is 11.7 Å². The maximum atomic E-state index is 11.7. The van der Waals surface area contributed by atoms with Crippen molar-refractivity contribution in [1.29, 1.82) is 0 Å². The minimum atomic E-state index is -0.345. The van der Waals surface area contributed by atoms with Crippen LogP contribution in [0.3, 0.4) is 0 Å². The number of hydrogen-bond acceptors (Lipinski definition) is 6. The van der Waals surface area contributed by atoms with Gasteiger partial charge in [-0.25, -0.2) is 14.8 Å². The Kier molecular flexibility index (Phi) is 3.97. The molecule has 24 heavy (non-hydrogen) atoms. The third-order valence-corrected chi connectivity index (χ3v) is 5.48. The maximum absolute atomic E-state index is 11.7. The van der Waals surface area contributed by atoms with Crippen LogP contribution in [-0.4, -0.2) is 58.1 Å². The van der Waals surface area contributed by atoms with Gasteiger partial charge in [0.15, 0.2) is 5.82 Å². The molecule has 2 aliphatic rings. The second-order valence-electron chi connectivity index (χ2n) is 6.61. The molecule has 126 valence electrons. The molecule has 6 nitrogen and oxygen atoms in total. The fourth-order valence-electron chi connectivity index (χ4n) is 3.56. The maximum Gasteiger partial charge on any atom is 0.410 e.